The number of hydrogen-bond donors (Lipinski definition) is 0. The molecule has 4 nitrogen and oxygen atoms in total. The molecule has 1 aromatic rings. The van der Waals surface area contributed by atoms with Crippen molar-refractivity contribution in [2.24, 2.45) is 0 Å². The lowest BCUT2D eigenvalue weighted by Crippen LogP contribution is -2.30. The van der Waals surface area contributed by atoms with Crippen LogP contribution in [0.15, 0.2) is 29.2 Å². The van der Waals surface area contributed by atoms with Crippen LogP contribution >= 0.6 is 23.5 Å². The minimum absolute atomic E-state index is 0.00302. The zero-order chi connectivity index (χ0) is 14.8. The summed E-state index contributed by atoms with van der Waals surface area (Å²) < 4.78 is 22.9. The molecule has 1 unspecified atom stereocenters. The standard InChI is InChI=1S/C13H17NO3S3/c1-18-8-7-14-12(15)9-19-13(14)10-3-5-11(6-4-10)20(2,16)17/h3-6,13H,7-9H2,1-2H3. The highest BCUT2D eigenvalue weighted by atomic mass is 32.2. The minimum atomic E-state index is -3.17. The molecule has 0 saturated carbocycles. The van der Waals surface area contributed by atoms with Crippen LogP contribution in [0.5, 0.6) is 0 Å². The highest BCUT2D eigenvalue weighted by molar-refractivity contribution is 8.00. The maximum atomic E-state index is 11.9. The molecule has 7 heteroatoms. The zero-order valence-corrected chi connectivity index (χ0v) is 13.9. The van der Waals surface area contributed by atoms with Crippen molar-refractivity contribution in [3.63, 3.8) is 0 Å². The van der Waals surface area contributed by atoms with E-state index in [2.05, 4.69) is 0 Å². The Labute approximate surface area is 128 Å². The Bertz CT molecular complexity index is 583. The second-order valence-electron chi connectivity index (χ2n) is 4.58. The fourth-order valence-electron chi connectivity index (χ4n) is 2.04. The van der Waals surface area contributed by atoms with E-state index in [1.54, 1.807) is 47.8 Å². The summed E-state index contributed by atoms with van der Waals surface area (Å²) in [5.74, 6) is 1.55. The summed E-state index contributed by atoms with van der Waals surface area (Å²) in [5, 5.41) is 0.00302. The van der Waals surface area contributed by atoms with Crippen molar-refractivity contribution in [1.82, 2.24) is 4.90 Å². The molecule has 1 amide bonds. The van der Waals surface area contributed by atoms with Crippen LogP contribution < -0.4 is 0 Å². The maximum Gasteiger partial charge on any atom is 0.233 e. The van der Waals surface area contributed by atoms with Crippen molar-refractivity contribution in [3.05, 3.63) is 29.8 Å². The summed E-state index contributed by atoms with van der Waals surface area (Å²) in [6.45, 7) is 0.728. The Kier molecular flexibility index (Phi) is 5.04. The molecule has 1 atom stereocenters. The molecule has 0 bridgehead atoms. The van der Waals surface area contributed by atoms with Gasteiger partial charge in [-0.05, 0) is 24.0 Å². The zero-order valence-electron chi connectivity index (χ0n) is 11.4. The normalized spacial score (nSPS) is 19.6. The van der Waals surface area contributed by atoms with Gasteiger partial charge in [-0.2, -0.15) is 11.8 Å². The van der Waals surface area contributed by atoms with Crippen LogP contribution in [0.4, 0.5) is 0 Å². The van der Waals surface area contributed by atoms with E-state index < -0.39 is 9.84 Å². The highest BCUT2D eigenvalue weighted by Crippen LogP contribution is 2.38. The molecule has 1 aliphatic heterocycles. The molecule has 20 heavy (non-hydrogen) atoms. The lowest BCUT2D eigenvalue weighted by molar-refractivity contribution is -0.127. The highest BCUT2D eigenvalue weighted by Gasteiger charge is 2.32. The number of carbonyl (C=O) groups is 1. The molecular weight excluding hydrogens is 314 g/mol. The molecule has 1 aromatic carbocycles. The largest absolute Gasteiger partial charge is 0.325 e. The van der Waals surface area contributed by atoms with E-state index in [0.717, 1.165) is 17.9 Å². The van der Waals surface area contributed by atoms with Gasteiger partial charge in [-0.25, -0.2) is 8.42 Å². The van der Waals surface area contributed by atoms with Crippen molar-refractivity contribution in [2.45, 2.75) is 10.3 Å². The summed E-state index contributed by atoms with van der Waals surface area (Å²) in [5.41, 5.74) is 0.981. The Hall–Kier alpha value is -0.660. The minimum Gasteiger partial charge on any atom is -0.325 e. The second kappa shape index (κ2) is 6.41. The number of rotatable bonds is 5. The third-order valence-electron chi connectivity index (χ3n) is 3.10. The molecule has 0 radical (unpaired) electrons. The number of carbonyl (C=O) groups excluding carboxylic acids is 1. The predicted octanol–water partition coefficient (Wildman–Crippen LogP) is 2.03. The summed E-state index contributed by atoms with van der Waals surface area (Å²) in [4.78, 5) is 14.1. The van der Waals surface area contributed by atoms with Crippen molar-refractivity contribution in [3.8, 4) is 0 Å². The van der Waals surface area contributed by atoms with Gasteiger partial charge < -0.3 is 4.90 Å². The van der Waals surface area contributed by atoms with Gasteiger partial charge in [0.05, 0.1) is 10.6 Å². The predicted molar refractivity (Wildman–Crippen MR) is 84.8 cm³/mol. The van der Waals surface area contributed by atoms with Gasteiger partial charge in [-0.15, -0.1) is 11.8 Å². The van der Waals surface area contributed by atoms with Gasteiger partial charge in [0.25, 0.3) is 0 Å². The van der Waals surface area contributed by atoms with Gasteiger partial charge in [-0.3, -0.25) is 4.79 Å². The van der Waals surface area contributed by atoms with Crippen molar-refractivity contribution < 1.29 is 13.2 Å². The molecule has 0 aromatic heterocycles. The van der Waals surface area contributed by atoms with Gasteiger partial charge >= 0.3 is 0 Å². The molecule has 0 aliphatic carbocycles. The van der Waals surface area contributed by atoms with E-state index in [-0.39, 0.29) is 11.3 Å². The van der Waals surface area contributed by atoms with Crippen LogP contribution in [0.3, 0.4) is 0 Å². The number of amides is 1. The molecule has 2 rings (SSSR count). The van der Waals surface area contributed by atoms with Crippen molar-refractivity contribution in [2.75, 3.05) is 30.6 Å². The van der Waals surface area contributed by atoms with Crippen molar-refractivity contribution in [1.29, 1.82) is 0 Å². The number of benzene rings is 1. The van der Waals surface area contributed by atoms with Crippen LogP contribution in [0, 0.1) is 0 Å². The van der Waals surface area contributed by atoms with Gasteiger partial charge in [0.15, 0.2) is 9.84 Å². The van der Waals surface area contributed by atoms with E-state index in [9.17, 15) is 13.2 Å². The summed E-state index contributed by atoms with van der Waals surface area (Å²) in [6, 6.07) is 6.83. The van der Waals surface area contributed by atoms with Gasteiger partial charge in [0.2, 0.25) is 5.91 Å². The van der Waals surface area contributed by atoms with E-state index in [4.69, 9.17) is 0 Å². The fourth-order valence-corrected chi connectivity index (χ4v) is 4.27. The van der Waals surface area contributed by atoms with Gasteiger partial charge in [0.1, 0.15) is 5.37 Å². The third kappa shape index (κ3) is 3.51. The van der Waals surface area contributed by atoms with Crippen LogP contribution in [-0.2, 0) is 14.6 Å². The molecule has 1 fully saturated rings. The van der Waals surface area contributed by atoms with E-state index in [0.29, 0.717) is 10.6 Å². The first kappa shape index (κ1) is 15.7. The van der Waals surface area contributed by atoms with Gasteiger partial charge in [-0.1, -0.05) is 12.1 Å². The number of nitrogens with zero attached hydrogens (tertiary/aromatic N) is 1. The summed E-state index contributed by atoms with van der Waals surface area (Å²) >= 11 is 3.30. The quantitative estimate of drug-likeness (QED) is 0.826. The first-order valence-corrected chi connectivity index (χ1v) is 10.5. The second-order valence-corrected chi connectivity index (χ2v) is 8.65. The molecule has 110 valence electrons. The lowest BCUT2D eigenvalue weighted by Gasteiger charge is -2.24. The third-order valence-corrected chi connectivity index (χ3v) is 6.07. The fraction of sp³-hybridized carbons (Fsp3) is 0.462. The monoisotopic (exact) mass is 331 g/mol. The lowest BCUT2D eigenvalue weighted by atomic mass is 10.2. The van der Waals surface area contributed by atoms with Gasteiger partial charge in [0, 0.05) is 18.6 Å². The molecule has 1 heterocycles. The summed E-state index contributed by atoms with van der Waals surface area (Å²) in [7, 11) is -3.17. The Morgan fingerprint density at radius 1 is 1.35 bits per heavy atom. The molecule has 0 N–H and O–H groups in total. The molecule has 1 aliphatic rings. The first-order chi connectivity index (χ1) is 9.43. The molecular formula is C13H17NO3S3. The van der Waals surface area contributed by atoms with Crippen LogP contribution in [0.1, 0.15) is 10.9 Å². The average Bonchev–Trinajstić information content (AvgIpc) is 2.77. The van der Waals surface area contributed by atoms with Crippen LogP contribution in [0.2, 0.25) is 0 Å². The SMILES string of the molecule is CSCCN1C(=O)CSC1c1ccc(S(C)(=O)=O)cc1. The van der Waals surface area contributed by atoms with Crippen molar-refractivity contribution >= 4 is 39.3 Å². The van der Waals surface area contributed by atoms with Crippen LogP contribution in [0.25, 0.3) is 0 Å². The topological polar surface area (TPSA) is 54.5 Å². The van der Waals surface area contributed by atoms with Crippen LogP contribution in [-0.4, -0.2) is 49.8 Å². The molecule has 0 spiro atoms. The Balaban J connectivity index is 2.20. The number of hydrogen-bond acceptors (Lipinski definition) is 5. The maximum absolute atomic E-state index is 11.9. The number of sulfone groups is 1. The molecule has 1 saturated heterocycles. The average molecular weight is 331 g/mol. The number of thioether (sulfide) groups is 2. The van der Waals surface area contributed by atoms with E-state index >= 15 is 0 Å². The summed E-state index contributed by atoms with van der Waals surface area (Å²) in [6.07, 6.45) is 3.21. The smallest absolute Gasteiger partial charge is 0.233 e. The van der Waals surface area contributed by atoms with E-state index in [1.165, 1.54) is 6.26 Å². The first-order valence-electron chi connectivity index (χ1n) is 6.13. The van der Waals surface area contributed by atoms with E-state index in [1.807, 2.05) is 11.2 Å². The Morgan fingerprint density at radius 2 is 2.00 bits per heavy atom. The Morgan fingerprint density at radius 3 is 2.55 bits per heavy atom.